The molecule has 5 rings (SSSR count). The van der Waals surface area contributed by atoms with Crippen LogP contribution in [0.2, 0.25) is 0 Å². The molecule has 0 radical (unpaired) electrons. The van der Waals surface area contributed by atoms with E-state index in [4.69, 9.17) is 9.94 Å². The molecule has 1 aliphatic rings. The molecule has 1 aliphatic carbocycles. The summed E-state index contributed by atoms with van der Waals surface area (Å²) >= 11 is 0. The first-order valence-corrected chi connectivity index (χ1v) is 14.1. The normalized spacial score (nSPS) is 14.1. The van der Waals surface area contributed by atoms with E-state index < -0.39 is 17.4 Å². The average Bonchev–Trinajstić information content (AvgIpc) is 3.44. The quantitative estimate of drug-likeness (QED) is 0.155. The fraction of sp³-hybridized carbons (Fsp3) is 0.344. The van der Waals surface area contributed by atoms with E-state index in [1.165, 1.54) is 11.0 Å². The topological polar surface area (TPSA) is 146 Å². The second-order valence-corrected chi connectivity index (χ2v) is 11.4. The highest BCUT2D eigenvalue weighted by Crippen LogP contribution is 2.39. The lowest BCUT2D eigenvalue weighted by Gasteiger charge is -2.26. The van der Waals surface area contributed by atoms with Crippen LogP contribution < -0.4 is 21.1 Å². The highest BCUT2D eigenvalue weighted by atomic mass is 16.5. The number of amides is 2. The highest BCUT2D eigenvalue weighted by molar-refractivity contribution is 6.03. The molecule has 220 valence electrons. The monoisotopic (exact) mass is 572 g/mol. The first-order chi connectivity index (χ1) is 20.0. The number of H-pyrrole nitrogens is 1. The number of hydrogen-bond acceptors (Lipinski definition) is 6. The minimum atomic E-state index is -1.10. The van der Waals surface area contributed by atoms with Gasteiger partial charge in [-0.1, -0.05) is 24.6 Å². The van der Waals surface area contributed by atoms with Crippen molar-refractivity contribution in [2.45, 2.75) is 64.2 Å². The van der Waals surface area contributed by atoms with Gasteiger partial charge in [-0.05, 0) is 81.0 Å². The Morgan fingerprint density at radius 2 is 1.74 bits per heavy atom. The number of hydroxylamine groups is 1. The third-order valence-electron chi connectivity index (χ3n) is 7.80. The number of nitrogens with one attached hydrogen (secondary N) is 3. The number of hydrogen-bond donors (Lipinski definition) is 5. The first kappa shape index (κ1) is 29.1. The van der Waals surface area contributed by atoms with Crippen LogP contribution in [0.3, 0.4) is 0 Å². The Balaban J connectivity index is 1.50. The van der Waals surface area contributed by atoms with Crippen molar-refractivity contribution in [1.82, 2.24) is 20.3 Å². The standard InChI is InChI=1S/C32H36N4O6/c1-32(2,40)21-13-14-27(42-22-7-5-4-6-8-22)23(15-21)25-18-36(3)31(39)28-24(25)16-26(34-28)30(38)33-17-19-9-11-20(12-10-19)29(37)35-41/h9-16,18,22,34,40-41H,4-8,17H2,1-3H3,(H,33,38)(H,35,37). The molecule has 1 fully saturated rings. The summed E-state index contributed by atoms with van der Waals surface area (Å²) in [5, 5.41) is 23.0. The number of nitrogens with zero attached hydrogens (tertiary/aromatic N) is 1. The van der Waals surface area contributed by atoms with Crippen LogP contribution in [0, 0.1) is 0 Å². The molecule has 1 saturated carbocycles. The minimum Gasteiger partial charge on any atom is -0.490 e. The van der Waals surface area contributed by atoms with Crippen LogP contribution in [-0.2, 0) is 19.2 Å². The molecule has 0 spiro atoms. The number of carbonyl (C=O) groups excluding carboxylic acids is 2. The van der Waals surface area contributed by atoms with Crippen LogP contribution in [0.15, 0.2) is 59.5 Å². The highest BCUT2D eigenvalue weighted by Gasteiger charge is 2.24. The molecule has 0 saturated heterocycles. The van der Waals surface area contributed by atoms with Crippen molar-refractivity contribution < 1.29 is 24.6 Å². The van der Waals surface area contributed by atoms with Gasteiger partial charge in [-0.25, -0.2) is 5.48 Å². The van der Waals surface area contributed by atoms with Crippen molar-refractivity contribution in [2.75, 3.05) is 0 Å². The number of fused-ring (bicyclic) bond motifs is 1. The second kappa shape index (κ2) is 11.8. The van der Waals surface area contributed by atoms with Crippen molar-refractivity contribution >= 4 is 22.7 Å². The fourth-order valence-electron chi connectivity index (χ4n) is 5.37. The lowest BCUT2D eigenvalue weighted by atomic mass is 9.92. The second-order valence-electron chi connectivity index (χ2n) is 11.4. The van der Waals surface area contributed by atoms with Crippen molar-refractivity contribution in [3.63, 3.8) is 0 Å². The molecular formula is C32H36N4O6. The zero-order valence-corrected chi connectivity index (χ0v) is 24.0. The van der Waals surface area contributed by atoms with Crippen molar-refractivity contribution in [1.29, 1.82) is 0 Å². The Kier molecular flexibility index (Phi) is 8.20. The maximum atomic E-state index is 13.2. The van der Waals surface area contributed by atoms with Gasteiger partial charge in [-0.15, -0.1) is 0 Å². The number of benzene rings is 2. The number of aromatic nitrogens is 2. The zero-order chi connectivity index (χ0) is 30.0. The SMILES string of the molecule is Cn1cc(-c2cc(C(C)(C)O)ccc2OC2CCCCC2)c2cc(C(=O)NCc3ccc(C(=O)NO)cc3)[nH]c2c1=O. The molecule has 10 heteroatoms. The van der Waals surface area contributed by atoms with E-state index in [0.717, 1.165) is 36.8 Å². The van der Waals surface area contributed by atoms with Gasteiger partial charge in [0.15, 0.2) is 0 Å². The molecule has 0 bridgehead atoms. The van der Waals surface area contributed by atoms with Crippen LogP contribution in [0.1, 0.15) is 77.9 Å². The maximum Gasteiger partial charge on any atom is 0.274 e. The number of aromatic amines is 1. The molecule has 2 amide bonds. The van der Waals surface area contributed by atoms with Crippen LogP contribution in [0.4, 0.5) is 0 Å². The van der Waals surface area contributed by atoms with Crippen molar-refractivity contribution in [3.8, 4) is 16.9 Å². The minimum absolute atomic E-state index is 0.0909. The van der Waals surface area contributed by atoms with Crippen LogP contribution in [0.5, 0.6) is 5.75 Å². The molecule has 0 aliphatic heterocycles. The summed E-state index contributed by atoms with van der Waals surface area (Å²) in [6.45, 7) is 3.63. The van der Waals surface area contributed by atoms with E-state index in [2.05, 4.69) is 10.3 Å². The van der Waals surface area contributed by atoms with Gasteiger partial charge in [-0.3, -0.25) is 19.6 Å². The maximum absolute atomic E-state index is 13.2. The molecule has 2 heterocycles. The van der Waals surface area contributed by atoms with E-state index in [1.54, 1.807) is 62.9 Å². The van der Waals surface area contributed by atoms with Crippen molar-refractivity contribution in [2.24, 2.45) is 7.05 Å². The fourth-order valence-corrected chi connectivity index (χ4v) is 5.37. The van der Waals surface area contributed by atoms with E-state index in [-0.39, 0.29) is 35.0 Å². The summed E-state index contributed by atoms with van der Waals surface area (Å²) in [7, 11) is 1.66. The molecule has 5 N–H and O–H groups in total. The summed E-state index contributed by atoms with van der Waals surface area (Å²) in [6, 6.07) is 13.7. The molecule has 2 aromatic carbocycles. The molecule has 0 unspecified atom stereocenters. The van der Waals surface area contributed by atoms with Gasteiger partial charge in [0.1, 0.15) is 17.0 Å². The predicted molar refractivity (Wildman–Crippen MR) is 159 cm³/mol. The van der Waals surface area contributed by atoms with E-state index in [1.807, 2.05) is 18.2 Å². The predicted octanol–water partition coefficient (Wildman–Crippen LogP) is 4.52. The number of pyridine rings is 1. The summed E-state index contributed by atoms with van der Waals surface area (Å²) in [5.74, 6) is -0.359. The molecule has 2 aromatic heterocycles. The van der Waals surface area contributed by atoms with E-state index in [9.17, 15) is 19.5 Å². The summed E-state index contributed by atoms with van der Waals surface area (Å²) < 4.78 is 7.98. The summed E-state index contributed by atoms with van der Waals surface area (Å²) in [5.41, 5.74) is 3.89. The van der Waals surface area contributed by atoms with Crippen LogP contribution in [0.25, 0.3) is 22.0 Å². The average molecular weight is 573 g/mol. The van der Waals surface area contributed by atoms with E-state index >= 15 is 0 Å². The van der Waals surface area contributed by atoms with Crippen LogP contribution >= 0.6 is 0 Å². The van der Waals surface area contributed by atoms with Gasteiger partial charge in [0, 0.05) is 41.9 Å². The Labute approximate surface area is 243 Å². The smallest absolute Gasteiger partial charge is 0.274 e. The van der Waals surface area contributed by atoms with Gasteiger partial charge >= 0.3 is 0 Å². The lowest BCUT2D eigenvalue weighted by Crippen LogP contribution is -2.23. The number of aliphatic hydroxyl groups is 1. The van der Waals surface area contributed by atoms with Gasteiger partial charge in [0.05, 0.1) is 11.7 Å². The van der Waals surface area contributed by atoms with Crippen LogP contribution in [-0.4, -0.2) is 37.8 Å². The van der Waals surface area contributed by atoms with E-state index in [0.29, 0.717) is 22.3 Å². The van der Waals surface area contributed by atoms with Gasteiger partial charge < -0.3 is 24.7 Å². The van der Waals surface area contributed by atoms with Gasteiger partial charge in [-0.2, -0.15) is 0 Å². The summed E-state index contributed by atoms with van der Waals surface area (Å²) in [6.07, 6.45) is 7.21. The molecule has 10 nitrogen and oxygen atoms in total. The Morgan fingerprint density at radius 3 is 2.40 bits per heavy atom. The summed E-state index contributed by atoms with van der Waals surface area (Å²) in [4.78, 5) is 40.9. The molecule has 4 aromatic rings. The van der Waals surface area contributed by atoms with Gasteiger partial charge in [0.2, 0.25) is 0 Å². The van der Waals surface area contributed by atoms with Crippen molar-refractivity contribution in [3.05, 3.63) is 87.5 Å². The first-order valence-electron chi connectivity index (χ1n) is 14.1. The Morgan fingerprint density at radius 1 is 1.02 bits per heavy atom. The Hall–Kier alpha value is -4.41. The number of rotatable bonds is 8. The molecular weight excluding hydrogens is 536 g/mol. The molecule has 42 heavy (non-hydrogen) atoms. The number of aryl methyl sites for hydroxylation is 1. The lowest BCUT2D eigenvalue weighted by molar-refractivity contribution is 0.0706. The third-order valence-corrected chi connectivity index (χ3v) is 7.80. The largest absolute Gasteiger partial charge is 0.490 e. The zero-order valence-electron chi connectivity index (χ0n) is 24.0. The number of carbonyl (C=O) groups is 2. The van der Waals surface area contributed by atoms with Gasteiger partial charge in [0.25, 0.3) is 17.4 Å². The molecule has 0 atom stereocenters. The third kappa shape index (κ3) is 6.09. The Bertz CT molecular complexity index is 1670. The number of ether oxygens (including phenoxy) is 1.